The highest BCUT2D eigenvalue weighted by Crippen LogP contribution is 2.46. The molecule has 698 valence electrons. The summed E-state index contributed by atoms with van der Waals surface area (Å²) in [5.41, 5.74) is 17.5. The highest BCUT2D eigenvalue weighted by Gasteiger charge is 2.46. The Hall–Kier alpha value is -15.6. The lowest BCUT2D eigenvalue weighted by Gasteiger charge is -2.33. The van der Waals surface area contributed by atoms with Gasteiger partial charge in [0, 0.05) is 80.5 Å². The van der Waals surface area contributed by atoms with E-state index in [1.54, 1.807) is 72.8 Å². The van der Waals surface area contributed by atoms with Gasteiger partial charge < -0.3 is 50.3 Å². The van der Waals surface area contributed by atoms with E-state index in [0.29, 0.717) is 83.5 Å². The van der Waals surface area contributed by atoms with E-state index in [4.69, 9.17) is 39.3 Å². The van der Waals surface area contributed by atoms with Crippen LogP contribution in [0.5, 0.6) is 34.5 Å². The van der Waals surface area contributed by atoms with Crippen LogP contribution in [0.3, 0.4) is 0 Å². The van der Waals surface area contributed by atoms with Gasteiger partial charge in [0.2, 0.25) is 0 Å². The number of fused-ring (bicyclic) bond motifs is 7. The fraction of sp³-hybridized carbons (Fsp3) is 0.314. The smallest absolute Gasteiger partial charge is 0.261 e. The predicted octanol–water partition coefficient (Wildman–Crippen LogP) is 15.0. The molecule has 17 rings (SSSR count). The summed E-state index contributed by atoms with van der Waals surface area (Å²) in [6.07, 6.45) is 7.05. The lowest BCUT2D eigenvalue weighted by Crippen LogP contribution is -2.48. The van der Waals surface area contributed by atoms with Crippen LogP contribution in [-0.2, 0) is 0 Å². The molecule has 0 aromatic heterocycles. The van der Waals surface area contributed by atoms with Gasteiger partial charge in [0.1, 0.15) is 79.5 Å². The zero-order valence-electron chi connectivity index (χ0n) is 76.6. The Morgan fingerprint density at radius 2 is 0.581 bits per heavy atom. The van der Waals surface area contributed by atoms with Gasteiger partial charge in [-0.3, -0.25) is 97.0 Å². The number of nitrogens with two attached hydrogens (primary N) is 1. The number of amides is 12. The van der Waals surface area contributed by atoms with E-state index in [-0.39, 0.29) is 204 Å². The van der Waals surface area contributed by atoms with Crippen molar-refractivity contribution >= 4 is 87.9 Å². The molecule has 7 aliphatic heterocycles. The first-order valence-electron chi connectivity index (χ1n) is 46.4. The molecule has 0 atom stereocenters. The van der Waals surface area contributed by atoms with Crippen molar-refractivity contribution in [3.05, 3.63) is 266 Å². The fourth-order valence-electron chi connectivity index (χ4n) is 17.7. The number of benzene rings is 10. The molecule has 8 aliphatic rings. The summed E-state index contributed by atoms with van der Waals surface area (Å²) < 4.78 is 43.2. The van der Waals surface area contributed by atoms with Crippen LogP contribution in [0.4, 0.5) is 17.1 Å². The summed E-state index contributed by atoms with van der Waals surface area (Å²) in [5, 5.41) is 19.7. The van der Waals surface area contributed by atoms with E-state index in [0.717, 1.165) is 37.8 Å². The Morgan fingerprint density at radius 1 is 0.309 bits per heavy atom. The number of carbonyl (C=O) groups is 12. The molecule has 0 bridgehead atoms. The number of para-hydroxylation sites is 1. The summed E-state index contributed by atoms with van der Waals surface area (Å²) in [7, 11) is 0. The summed E-state index contributed by atoms with van der Waals surface area (Å²) in [5.74, 6) is -4.49. The molecule has 12 amide bonds. The zero-order chi connectivity index (χ0) is 95.4. The minimum absolute atomic E-state index is 0.0865. The average molecular weight is 1840 g/mol. The number of nitrogens with zero attached hydrogens (tertiary/aromatic N) is 8. The summed E-state index contributed by atoms with van der Waals surface area (Å²) in [6, 6.07) is 52.0. The number of anilines is 3. The molecule has 0 saturated carbocycles. The normalized spacial score (nSPS) is 14.6. The fourth-order valence-corrected chi connectivity index (χ4v) is 17.7. The standard InChI is InChI=1S/C105H105N13O18/c1-7-13-44-113-93(120)75-38-32-68(50-81(75)99(113)126)131-57-104(58-132-69-33-39-76-82(51-69)100(127)114(94(76)121)45-14-8-2,59-133-70-34-40-77-83(52-70)101(128)115(95(77)122)46-15-9-3)55-108-111-89-87(64-23-27-65(106)28-24-64)91-90(86(88(89)107)63-25-29-67(30-26-63)110-66-21-19-18-20-22-66)118(91)109-56-105(60-134-71-31-37-74-80(49-71)98(125)112(43-12-6)92(74)119,61-135-72-35-41-78-84(53-72)102(129)116(96(78)123)47-16-10-4)62-136-73-36-42-79-85(54-73)103(130)117(97(79)124)48-17-11-5/h18-42,49-54,107-110H,7-17,43-48,55-62,106H2,1-6H3/b107-88?,111-89-. The Morgan fingerprint density at radius 3 is 0.890 bits per heavy atom. The second-order valence-corrected chi connectivity index (χ2v) is 35.3. The first-order chi connectivity index (χ1) is 65.9. The Bertz CT molecular complexity index is 6360. The second kappa shape index (κ2) is 39.3. The van der Waals surface area contributed by atoms with Gasteiger partial charge in [0.15, 0.2) is 0 Å². The molecule has 0 radical (unpaired) electrons. The van der Waals surface area contributed by atoms with Crippen molar-refractivity contribution < 1.29 is 86.0 Å². The van der Waals surface area contributed by atoms with Gasteiger partial charge >= 0.3 is 0 Å². The van der Waals surface area contributed by atoms with Crippen LogP contribution in [0.1, 0.15) is 236 Å². The van der Waals surface area contributed by atoms with Crippen molar-refractivity contribution in [2.45, 2.75) is 112 Å². The molecule has 0 saturated heterocycles. The van der Waals surface area contributed by atoms with Gasteiger partial charge in [0.05, 0.1) is 94.3 Å². The van der Waals surface area contributed by atoms with Crippen molar-refractivity contribution in [3.8, 4) is 68.1 Å². The first kappa shape index (κ1) is 92.3. The number of rotatable bonds is 45. The van der Waals surface area contributed by atoms with Crippen molar-refractivity contribution in [2.24, 2.45) is 15.9 Å². The molecule has 31 nitrogen and oxygen atoms in total. The third-order valence-corrected chi connectivity index (χ3v) is 25.6. The average Bonchev–Trinajstić information content (AvgIpc) is 1.53. The summed E-state index contributed by atoms with van der Waals surface area (Å²) >= 11 is 0. The molecular formula is C105H105N13O18. The van der Waals surface area contributed by atoms with Gasteiger partial charge in [-0.05, 0) is 195 Å². The van der Waals surface area contributed by atoms with Gasteiger partial charge in [-0.15, -0.1) is 0 Å². The molecule has 0 fully saturated rings. The third-order valence-electron chi connectivity index (χ3n) is 25.6. The largest absolute Gasteiger partial charge is 0.493 e. The number of hydrogen-bond acceptors (Lipinski definition) is 24. The quantitative estimate of drug-likeness (QED) is 0.0134. The number of aromatic nitrogens is 1. The van der Waals surface area contributed by atoms with Crippen LogP contribution in [0, 0.1) is 16.2 Å². The van der Waals surface area contributed by atoms with Crippen LogP contribution in [-0.4, -0.2) is 197 Å². The molecule has 31 heteroatoms. The minimum Gasteiger partial charge on any atom is -0.493 e. The Balaban J connectivity index is 0.812. The maximum atomic E-state index is 14.2. The predicted molar refractivity (Wildman–Crippen MR) is 506 cm³/mol. The van der Waals surface area contributed by atoms with E-state index in [2.05, 4.69) is 16.2 Å². The summed E-state index contributed by atoms with van der Waals surface area (Å²) in [6.45, 7) is 10.5. The Kier molecular flexibility index (Phi) is 26.7. The third kappa shape index (κ3) is 18.1. The first-order valence-corrected chi connectivity index (χ1v) is 46.4. The van der Waals surface area contributed by atoms with Gasteiger partial charge in [-0.25, -0.2) is 0 Å². The van der Waals surface area contributed by atoms with Crippen LogP contribution in [0.25, 0.3) is 33.6 Å². The maximum Gasteiger partial charge on any atom is 0.261 e. The van der Waals surface area contributed by atoms with Gasteiger partial charge in [0.25, 0.3) is 70.9 Å². The lowest BCUT2D eigenvalue weighted by atomic mass is 9.90. The maximum absolute atomic E-state index is 14.2. The molecule has 0 spiro atoms. The molecule has 136 heavy (non-hydrogen) atoms. The number of hydrogen-bond donors (Lipinski definition) is 5. The number of nitrogens with one attached hydrogen (secondary N) is 4. The van der Waals surface area contributed by atoms with Crippen molar-refractivity contribution in [2.75, 3.05) is 108 Å². The Labute approximate surface area is 784 Å². The molecule has 9 aromatic rings. The van der Waals surface area contributed by atoms with Crippen molar-refractivity contribution in [1.82, 2.24) is 39.5 Å². The van der Waals surface area contributed by atoms with Crippen LogP contribution in [0.15, 0.2) is 193 Å². The van der Waals surface area contributed by atoms with Gasteiger partial charge in [-0.2, -0.15) is 5.10 Å². The summed E-state index contributed by atoms with van der Waals surface area (Å²) in [4.78, 5) is 175. The molecule has 7 heterocycles. The minimum atomic E-state index is -1.51. The monoisotopic (exact) mass is 1840 g/mol. The number of imide groups is 6. The van der Waals surface area contributed by atoms with Crippen molar-refractivity contribution in [1.29, 1.82) is 5.41 Å². The second-order valence-electron chi connectivity index (χ2n) is 35.3. The van der Waals surface area contributed by atoms with Crippen LogP contribution >= 0.6 is 0 Å². The SMILES string of the molecule is CCCCN1C(=O)c2ccc(OCC(CN/N=c3/c(-c4ccc(N)cc4)c4n(NCC(COc5ccc6c(c5)C(=O)N(CCC)C6=O)(COc5ccc6c(c5)C(=O)N(CCCC)C6=O)COc5ccc6c(c5)C(=O)N(CCCC)C6=O)c-4c(-c4ccc(Nc5ccccc5)cc4)c3=N)(COc3ccc4c(c3)C(=O)N(CCCC)C4=O)COc3ccc4c(c3)C(=O)N(CCCC)C4=O)cc2C1=O. The molecule has 1 aliphatic carbocycles. The topological polar surface area (TPSA) is 383 Å². The lowest BCUT2D eigenvalue weighted by molar-refractivity contribution is 0.0324. The van der Waals surface area contributed by atoms with Crippen LogP contribution < -0.4 is 61.0 Å². The number of carbonyl (C=O) groups excluding carboxylic acids is 12. The van der Waals surface area contributed by atoms with Crippen molar-refractivity contribution in [3.63, 3.8) is 0 Å². The van der Waals surface area contributed by atoms with E-state index in [1.165, 1.54) is 90.1 Å². The van der Waals surface area contributed by atoms with Gasteiger partial charge in [-0.1, -0.05) is 116 Å². The van der Waals surface area contributed by atoms with E-state index < -0.39 is 81.7 Å². The number of unbranched alkanes of at least 4 members (excludes halogenated alkanes) is 5. The van der Waals surface area contributed by atoms with E-state index in [1.807, 2.05) is 101 Å². The number of ether oxygens (including phenoxy) is 6. The number of nitrogen functional groups attached to an aromatic ring is 1. The molecule has 6 N–H and O–H groups in total. The van der Waals surface area contributed by atoms with E-state index >= 15 is 0 Å². The zero-order valence-corrected chi connectivity index (χ0v) is 76.6. The highest BCUT2D eigenvalue weighted by molar-refractivity contribution is 6.25. The molecular weight excluding hydrogens is 1730 g/mol. The molecule has 9 aromatic carbocycles. The van der Waals surface area contributed by atoms with E-state index in [9.17, 15) is 62.9 Å². The molecule has 0 unspecified atom stereocenters. The highest BCUT2D eigenvalue weighted by atomic mass is 16.5. The van der Waals surface area contributed by atoms with Crippen LogP contribution in [0.2, 0.25) is 0 Å².